The molecular formula is C11H24ClNO. The van der Waals surface area contributed by atoms with Crippen molar-refractivity contribution in [2.75, 3.05) is 19.6 Å². The molecule has 0 aliphatic rings. The highest BCUT2D eigenvalue weighted by atomic mass is 35.5. The first-order valence-corrected chi connectivity index (χ1v) is 6.00. The zero-order valence-corrected chi connectivity index (χ0v) is 10.7. The molecule has 0 heterocycles. The summed E-state index contributed by atoms with van der Waals surface area (Å²) in [6.45, 7) is 7.36. The Balaban J connectivity index is 4.01. The van der Waals surface area contributed by atoms with E-state index in [1.165, 1.54) is 0 Å². The summed E-state index contributed by atoms with van der Waals surface area (Å²) in [6.07, 6.45) is 3.18. The first kappa shape index (κ1) is 14.2. The minimum atomic E-state index is 0.106. The maximum Gasteiger partial charge on any atom is 0.0476 e. The van der Waals surface area contributed by atoms with E-state index in [4.69, 9.17) is 16.3 Å². The van der Waals surface area contributed by atoms with Crippen LogP contribution in [0.5, 0.6) is 0 Å². The van der Waals surface area contributed by atoms with Crippen LogP contribution in [-0.2, 0) is 4.74 Å². The van der Waals surface area contributed by atoms with Crippen LogP contribution in [0.4, 0.5) is 0 Å². The van der Waals surface area contributed by atoms with Gasteiger partial charge in [-0.15, -0.1) is 11.6 Å². The number of halogens is 1. The van der Waals surface area contributed by atoms with Crippen molar-refractivity contribution < 1.29 is 4.74 Å². The average molecular weight is 222 g/mol. The van der Waals surface area contributed by atoms with Crippen LogP contribution in [0.25, 0.3) is 0 Å². The molecule has 0 aromatic carbocycles. The minimum absolute atomic E-state index is 0.106. The van der Waals surface area contributed by atoms with Crippen LogP contribution < -0.4 is 5.32 Å². The topological polar surface area (TPSA) is 21.3 Å². The number of alkyl halides is 1. The number of hydrogen-bond donors (Lipinski definition) is 1. The van der Waals surface area contributed by atoms with Gasteiger partial charge in [-0.05, 0) is 26.2 Å². The molecular weight excluding hydrogens is 198 g/mol. The molecule has 3 heteroatoms. The lowest BCUT2D eigenvalue weighted by atomic mass is 9.94. The summed E-state index contributed by atoms with van der Waals surface area (Å²) in [4.78, 5) is 0. The van der Waals surface area contributed by atoms with Crippen molar-refractivity contribution in [3.05, 3.63) is 0 Å². The first-order chi connectivity index (χ1) is 6.64. The van der Waals surface area contributed by atoms with Crippen LogP contribution >= 0.6 is 11.6 Å². The van der Waals surface area contributed by atoms with Gasteiger partial charge in [0.15, 0.2) is 0 Å². The fraction of sp³-hybridized carbons (Fsp3) is 1.00. The van der Waals surface area contributed by atoms with E-state index in [1.54, 1.807) is 7.11 Å². The molecule has 14 heavy (non-hydrogen) atoms. The lowest BCUT2D eigenvalue weighted by molar-refractivity contribution is 0.175. The van der Waals surface area contributed by atoms with Crippen molar-refractivity contribution in [3.63, 3.8) is 0 Å². The van der Waals surface area contributed by atoms with Gasteiger partial charge in [0, 0.05) is 31.2 Å². The Bertz CT molecular complexity index is 129. The maximum atomic E-state index is 6.01. The average Bonchev–Trinajstić information content (AvgIpc) is 2.23. The second kappa shape index (κ2) is 7.49. The lowest BCUT2D eigenvalue weighted by Gasteiger charge is -2.34. The van der Waals surface area contributed by atoms with E-state index < -0.39 is 0 Å². The third kappa shape index (κ3) is 4.63. The van der Waals surface area contributed by atoms with E-state index in [0.717, 1.165) is 25.9 Å². The van der Waals surface area contributed by atoms with Crippen LogP contribution in [0.2, 0.25) is 0 Å². The largest absolute Gasteiger partial charge is 0.385 e. The highest BCUT2D eigenvalue weighted by Crippen LogP contribution is 2.18. The molecule has 0 spiro atoms. The van der Waals surface area contributed by atoms with Gasteiger partial charge < -0.3 is 10.1 Å². The molecule has 0 aliphatic heterocycles. The normalized spacial score (nSPS) is 14.4. The summed E-state index contributed by atoms with van der Waals surface area (Å²) in [7, 11) is 1.74. The molecule has 1 unspecified atom stereocenters. The SMILES string of the molecule is CCC(CC)(CCl)NC(C)CCOC. The van der Waals surface area contributed by atoms with E-state index in [1.807, 2.05) is 0 Å². The predicted molar refractivity (Wildman–Crippen MR) is 63.1 cm³/mol. The van der Waals surface area contributed by atoms with Crippen molar-refractivity contribution in [3.8, 4) is 0 Å². The van der Waals surface area contributed by atoms with Crippen molar-refractivity contribution in [1.82, 2.24) is 5.32 Å². The standard InChI is InChI=1S/C11H24ClNO/c1-5-11(6-2,9-12)13-10(3)7-8-14-4/h10,13H,5-9H2,1-4H3. The Hall–Kier alpha value is 0.210. The summed E-state index contributed by atoms with van der Waals surface area (Å²) in [5, 5.41) is 3.60. The monoisotopic (exact) mass is 221 g/mol. The number of nitrogens with one attached hydrogen (secondary N) is 1. The zero-order valence-electron chi connectivity index (χ0n) is 9.90. The van der Waals surface area contributed by atoms with E-state index in [2.05, 4.69) is 26.1 Å². The van der Waals surface area contributed by atoms with Gasteiger partial charge in [0.25, 0.3) is 0 Å². The summed E-state index contributed by atoms with van der Waals surface area (Å²) in [5.41, 5.74) is 0.106. The molecule has 0 saturated heterocycles. The number of methoxy groups -OCH3 is 1. The third-order valence-corrected chi connectivity index (χ3v) is 3.43. The number of rotatable bonds is 8. The van der Waals surface area contributed by atoms with Gasteiger partial charge in [0.1, 0.15) is 0 Å². The summed E-state index contributed by atoms with van der Waals surface area (Å²) in [6, 6.07) is 0.466. The van der Waals surface area contributed by atoms with Gasteiger partial charge in [-0.3, -0.25) is 0 Å². The van der Waals surface area contributed by atoms with Crippen LogP contribution in [0, 0.1) is 0 Å². The Labute approximate surface area is 93.4 Å². The molecule has 2 nitrogen and oxygen atoms in total. The summed E-state index contributed by atoms with van der Waals surface area (Å²) < 4.78 is 5.05. The molecule has 0 aromatic rings. The fourth-order valence-corrected chi connectivity index (χ4v) is 2.03. The van der Waals surface area contributed by atoms with Crippen molar-refractivity contribution in [2.24, 2.45) is 0 Å². The molecule has 0 bridgehead atoms. The second-order valence-corrected chi connectivity index (χ2v) is 4.22. The molecule has 86 valence electrons. The smallest absolute Gasteiger partial charge is 0.0476 e. The molecule has 0 fully saturated rings. The highest BCUT2D eigenvalue weighted by Gasteiger charge is 2.25. The molecule has 0 aromatic heterocycles. The molecule has 0 saturated carbocycles. The molecule has 1 N–H and O–H groups in total. The van der Waals surface area contributed by atoms with Crippen molar-refractivity contribution >= 4 is 11.6 Å². The van der Waals surface area contributed by atoms with Gasteiger partial charge in [0.2, 0.25) is 0 Å². The van der Waals surface area contributed by atoms with Gasteiger partial charge in [-0.2, -0.15) is 0 Å². The van der Waals surface area contributed by atoms with E-state index >= 15 is 0 Å². The number of ether oxygens (including phenoxy) is 1. The van der Waals surface area contributed by atoms with E-state index in [-0.39, 0.29) is 5.54 Å². The fourth-order valence-electron chi connectivity index (χ4n) is 1.57. The first-order valence-electron chi connectivity index (χ1n) is 5.46. The molecule has 0 aliphatic carbocycles. The Morgan fingerprint density at radius 2 is 1.93 bits per heavy atom. The predicted octanol–water partition coefficient (Wildman–Crippen LogP) is 2.80. The van der Waals surface area contributed by atoms with Gasteiger partial charge in [-0.1, -0.05) is 13.8 Å². The van der Waals surface area contributed by atoms with Gasteiger partial charge in [0.05, 0.1) is 0 Å². The van der Waals surface area contributed by atoms with Gasteiger partial charge >= 0.3 is 0 Å². The second-order valence-electron chi connectivity index (χ2n) is 3.95. The van der Waals surface area contributed by atoms with E-state index in [9.17, 15) is 0 Å². The maximum absolute atomic E-state index is 6.01. The highest BCUT2D eigenvalue weighted by molar-refractivity contribution is 6.18. The minimum Gasteiger partial charge on any atom is -0.385 e. The summed E-state index contributed by atoms with van der Waals surface area (Å²) >= 11 is 6.01. The van der Waals surface area contributed by atoms with Crippen molar-refractivity contribution in [2.45, 2.75) is 51.6 Å². The van der Waals surface area contributed by atoms with E-state index in [0.29, 0.717) is 11.9 Å². The van der Waals surface area contributed by atoms with Crippen LogP contribution in [0.1, 0.15) is 40.0 Å². The number of hydrogen-bond acceptors (Lipinski definition) is 2. The van der Waals surface area contributed by atoms with Crippen LogP contribution in [0.15, 0.2) is 0 Å². The third-order valence-electron chi connectivity index (χ3n) is 2.92. The lowest BCUT2D eigenvalue weighted by Crippen LogP contribution is -2.50. The molecule has 0 rings (SSSR count). The van der Waals surface area contributed by atoms with Crippen molar-refractivity contribution in [1.29, 1.82) is 0 Å². The van der Waals surface area contributed by atoms with Crippen LogP contribution in [-0.4, -0.2) is 31.2 Å². The van der Waals surface area contributed by atoms with Crippen LogP contribution in [0.3, 0.4) is 0 Å². The zero-order chi connectivity index (χ0) is 11.0. The quantitative estimate of drug-likeness (QED) is 0.637. The summed E-state index contributed by atoms with van der Waals surface area (Å²) in [5.74, 6) is 0.678. The molecule has 0 radical (unpaired) electrons. The molecule has 0 amide bonds. The Morgan fingerprint density at radius 3 is 2.29 bits per heavy atom. The molecule has 1 atom stereocenters. The van der Waals surface area contributed by atoms with Gasteiger partial charge in [-0.25, -0.2) is 0 Å². The Kier molecular flexibility index (Phi) is 7.61. The Morgan fingerprint density at radius 1 is 1.36 bits per heavy atom.